The van der Waals surface area contributed by atoms with Crippen LogP contribution in [-0.4, -0.2) is 6.71 Å². The van der Waals surface area contributed by atoms with Gasteiger partial charge in [0.1, 0.15) is 0 Å². The van der Waals surface area contributed by atoms with E-state index in [1.807, 2.05) is 6.07 Å². The third-order valence-electron chi connectivity index (χ3n) is 18.4. The summed E-state index contributed by atoms with van der Waals surface area (Å²) in [6.45, 7) is 31.3. The average molecular weight is 870 g/mol. The molecule has 0 atom stereocenters. The van der Waals surface area contributed by atoms with Crippen molar-refractivity contribution < 1.29 is 4.11 Å². The zero-order chi connectivity index (χ0) is 49.1. The van der Waals surface area contributed by atoms with E-state index in [9.17, 15) is 4.11 Å². The van der Waals surface area contributed by atoms with E-state index >= 15 is 0 Å². The van der Waals surface area contributed by atoms with Crippen LogP contribution in [0.3, 0.4) is 0 Å². The van der Waals surface area contributed by atoms with Gasteiger partial charge in [-0.3, -0.25) is 0 Å². The molecular weight excluding hydrogens is 796 g/mol. The van der Waals surface area contributed by atoms with Crippen LogP contribution in [0.5, 0.6) is 0 Å². The molecular formula is C63H71BN2. The third kappa shape index (κ3) is 5.61. The standard InChI is InChI=1S/C63H71BN2/c1-37-28-54-56-55(29-37)66(39-21-23-43-45(31-39)58(4,5)25-24-57(43,2)3)52-34-48-46(59(6,7)26-27-60(48,8)9)32-50(52)64(56)51-33-47-49(62(12,13)36-61(47,10)11)35-53(51)65(54)38-20-22-41-40-18-16-17-19-42(40)63(14,15)44(41)30-38/h16-23,28-35H,24-27,36H2,1-15H3/i1D3. The number of benzene rings is 6. The number of nitrogens with zero attached hydrogens (tertiary/aromatic N) is 2. The lowest BCUT2D eigenvalue weighted by Gasteiger charge is -2.48. The zero-order valence-electron chi connectivity index (χ0n) is 45.2. The van der Waals surface area contributed by atoms with E-state index in [1.54, 1.807) is 0 Å². The number of fused-ring (bicyclic) bond motifs is 10. The molecule has 0 spiro atoms. The SMILES string of the molecule is [2H]C([2H])([2H])c1cc2c3c(c1)N(c1ccc4c(c1)C(C)(C)c1ccccc1-4)c1cc4c(cc1B3c1cc3c(cc1N2c1ccc2c(c1)C(C)(C)CCC2(C)C)C(C)(C)CCC3(C)C)C(C)(C)CC4(C)C. The lowest BCUT2D eigenvalue weighted by atomic mass is 9.33. The highest BCUT2D eigenvalue weighted by atomic mass is 15.2. The van der Waals surface area contributed by atoms with Gasteiger partial charge in [0.2, 0.25) is 0 Å². The Labute approximate surface area is 401 Å². The van der Waals surface area contributed by atoms with Gasteiger partial charge >= 0.3 is 0 Å². The van der Waals surface area contributed by atoms with Gasteiger partial charge in [0, 0.05) is 43.7 Å². The summed E-state index contributed by atoms with van der Waals surface area (Å²) in [5.41, 5.74) is 24.1. The Hall–Kier alpha value is -5.02. The van der Waals surface area contributed by atoms with Crippen LogP contribution in [0, 0.1) is 6.85 Å². The second-order valence-corrected chi connectivity index (χ2v) is 26.1. The molecule has 0 bridgehead atoms. The van der Waals surface area contributed by atoms with Gasteiger partial charge in [-0.25, -0.2) is 0 Å². The molecule has 0 radical (unpaired) electrons. The number of hydrogen-bond donors (Lipinski definition) is 0. The normalized spacial score (nSPS) is 22.6. The first kappa shape index (κ1) is 39.0. The van der Waals surface area contributed by atoms with Crippen molar-refractivity contribution in [1.82, 2.24) is 0 Å². The van der Waals surface area contributed by atoms with Crippen LogP contribution in [0.4, 0.5) is 34.1 Å². The number of anilines is 6. The van der Waals surface area contributed by atoms with E-state index in [2.05, 4.69) is 198 Å². The lowest BCUT2D eigenvalue weighted by Crippen LogP contribution is -2.62. The maximum absolute atomic E-state index is 9.22. The molecule has 0 saturated heterocycles. The highest BCUT2D eigenvalue weighted by Crippen LogP contribution is 2.56. The van der Waals surface area contributed by atoms with Crippen LogP contribution < -0.4 is 26.2 Å². The lowest BCUT2D eigenvalue weighted by molar-refractivity contribution is 0.332. The fourth-order valence-corrected chi connectivity index (χ4v) is 14.6. The summed E-state index contributed by atoms with van der Waals surface area (Å²) >= 11 is 0. The summed E-state index contributed by atoms with van der Waals surface area (Å²) in [7, 11) is 0. The van der Waals surface area contributed by atoms with E-state index in [-0.39, 0.29) is 44.6 Å². The second-order valence-electron chi connectivity index (χ2n) is 26.1. The average Bonchev–Trinajstić information content (AvgIpc) is 3.61. The molecule has 0 amide bonds. The third-order valence-corrected chi connectivity index (χ3v) is 18.4. The van der Waals surface area contributed by atoms with Gasteiger partial charge in [0.25, 0.3) is 6.71 Å². The van der Waals surface area contributed by atoms with Crippen molar-refractivity contribution in [2.45, 2.75) is 174 Å². The minimum Gasteiger partial charge on any atom is -0.311 e. The first-order valence-electron chi connectivity index (χ1n) is 26.6. The molecule has 2 heterocycles. The molecule has 12 rings (SSSR count). The van der Waals surface area contributed by atoms with Crippen molar-refractivity contribution in [2.75, 3.05) is 9.80 Å². The van der Waals surface area contributed by atoms with Crippen molar-refractivity contribution >= 4 is 57.2 Å². The summed E-state index contributed by atoms with van der Waals surface area (Å²) in [4.78, 5) is 4.98. The first-order valence-corrected chi connectivity index (χ1v) is 25.1. The summed E-state index contributed by atoms with van der Waals surface area (Å²) in [5, 5.41) is 0. The van der Waals surface area contributed by atoms with Crippen LogP contribution in [-0.2, 0) is 37.9 Å². The molecule has 6 aromatic carbocycles. The van der Waals surface area contributed by atoms with Crippen molar-refractivity contribution in [3.8, 4) is 11.1 Å². The summed E-state index contributed by atoms with van der Waals surface area (Å²) < 4.78 is 27.7. The number of hydrogen-bond acceptors (Lipinski definition) is 2. The van der Waals surface area contributed by atoms with E-state index in [0.29, 0.717) is 5.56 Å². The van der Waals surface area contributed by atoms with Crippen molar-refractivity contribution in [2.24, 2.45) is 0 Å². The zero-order valence-corrected chi connectivity index (χ0v) is 42.2. The maximum atomic E-state index is 9.22. The molecule has 0 aromatic heterocycles. The molecule has 0 N–H and O–H groups in total. The monoisotopic (exact) mass is 870 g/mol. The van der Waals surface area contributed by atoms with E-state index < -0.39 is 6.85 Å². The van der Waals surface area contributed by atoms with Crippen LogP contribution in [0.2, 0.25) is 0 Å². The van der Waals surface area contributed by atoms with Crippen molar-refractivity contribution in [1.29, 1.82) is 0 Å². The minimum atomic E-state index is -2.35. The quantitative estimate of drug-likeness (QED) is 0.160. The van der Waals surface area contributed by atoms with Crippen LogP contribution >= 0.6 is 0 Å². The maximum Gasteiger partial charge on any atom is 0.252 e. The molecule has 0 saturated carbocycles. The van der Waals surface area contributed by atoms with Crippen LogP contribution in [0.15, 0.2) is 97.1 Å². The minimum absolute atomic E-state index is 0.0113. The highest BCUT2D eigenvalue weighted by molar-refractivity contribution is 7.00. The molecule has 66 heavy (non-hydrogen) atoms. The Morgan fingerprint density at radius 2 is 0.848 bits per heavy atom. The Morgan fingerprint density at radius 1 is 0.409 bits per heavy atom. The second kappa shape index (κ2) is 12.9. The molecule has 3 heteroatoms. The van der Waals surface area contributed by atoms with Gasteiger partial charge in [-0.1, -0.05) is 145 Å². The predicted molar refractivity (Wildman–Crippen MR) is 284 cm³/mol. The summed E-state index contributed by atoms with van der Waals surface area (Å²) in [6.07, 6.45) is 5.55. The Balaban J connectivity index is 1.22. The smallest absolute Gasteiger partial charge is 0.252 e. The molecule has 0 fully saturated rings. The van der Waals surface area contributed by atoms with Gasteiger partial charge in [-0.2, -0.15) is 0 Å². The van der Waals surface area contributed by atoms with E-state index in [0.717, 1.165) is 60.5 Å². The molecule has 0 unspecified atom stereocenters. The van der Waals surface area contributed by atoms with Gasteiger partial charge in [0.05, 0.1) is 0 Å². The van der Waals surface area contributed by atoms with Gasteiger partial charge in [0.15, 0.2) is 0 Å². The molecule has 2 aliphatic heterocycles. The summed E-state index contributed by atoms with van der Waals surface area (Å²) in [5.74, 6) is 0. The summed E-state index contributed by atoms with van der Waals surface area (Å²) in [6, 6.07) is 37.6. The molecule has 2 nitrogen and oxygen atoms in total. The Kier molecular flexibility index (Phi) is 7.65. The topological polar surface area (TPSA) is 6.48 Å². The predicted octanol–water partition coefficient (Wildman–Crippen LogP) is 15.0. The molecule has 336 valence electrons. The number of rotatable bonds is 2. The van der Waals surface area contributed by atoms with E-state index in [4.69, 9.17) is 0 Å². The largest absolute Gasteiger partial charge is 0.311 e. The Morgan fingerprint density at radius 3 is 1.41 bits per heavy atom. The molecule has 4 aliphatic carbocycles. The molecule has 6 aliphatic rings. The van der Waals surface area contributed by atoms with Gasteiger partial charge in [-0.05, 0) is 198 Å². The highest BCUT2D eigenvalue weighted by Gasteiger charge is 2.50. The fraction of sp³-hybridized carbons (Fsp3) is 0.429. The van der Waals surface area contributed by atoms with Gasteiger partial charge in [-0.15, -0.1) is 0 Å². The first-order chi connectivity index (χ1) is 32.0. The van der Waals surface area contributed by atoms with E-state index in [1.165, 1.54) is 77.7 Å². The fourth-order valence-electron chi connectivity index (χ4n) is 14.6. The Bertz CT molecular complexity index is 3250. The molecule has 6 aromatic rings. The van der Waals surface area contributed by atoms with Crippen LogP contribution in [0.25, 0.3) is 11.1 Å². The van der Waals surface area contributed by atoms with Crippen LogP contribution in [0.1, 0.15) is 183 Å². The van der Waals surface area contributed by atoms with Crippen molar-refractivity contribution in [3.63, 3.8) is 0 Å². The number of aryl methyl sites for hydroxylation is 1. The van der Waals surface area contributed by atoms with Gasteiger partial charge < -0.3 is 9.80 Å². The van der Waals surface area contributed by atoms with Crippen molar-refractivity contribution in [3.05, 3.63) is 147 Å².